The Balaban J connectivity index is 1.76. The Kier molecular flexibility index (Phi) is 10.3. The molecule has 12 heteroatoms. The van der Waals surface area contributed by atoms with Crippen molar-refractivity contribution in [1.29, 1.82) is 0 Å². The van der Waals surface area contributed by atoms with Crippen molar-refractivity contribution >= 4 is 16.9 Å². The molecule has 0 saturated heterocycles. The predicted molar refractivity (Wildman–Crippen MR) is 143 cm³/mol. The van der Waals surface area contributed by atoms with Crippen LogP contribution in [-0.2, 0) is 16.1 Å². The minimum absolute atomic E-state index is 0.0113. The van der Waals surface area contributed by atoms with Crippen LogP contribution in [0.15, 0.2) is 67.3 Å². The lowest BCUT2D eigenvalue weighted by atomic mass is 9.95. The molecule has 0 aliphatic carbocycles. The molecule has 1 aromatic heterocycles. The molecule has 0 saturated carbocycles. The lowest BCUT2D eigenvalue weighted by molar-refractivity contribution is -0.368. The van der Waals surface area contributed by atoms with Gasteiger partial charge in [-0.05, 0) is 30.2 Å². The molecule has 1 heterocycles. The number of hydrogen-bond donors (Lipinski definition) is 0. The Bertz CT molecular complexity index is 1360. The minimum Gasteiger partial charge on any atom is -0.493 e. The van der Waals surface area contributed by atoms with Gasteiger partial charge in [-0.1, -0.05) is 56.7 Å². The summed E-state index contributed by atoms with van der Waals surface area (Å²) in [6.45, 7) is 3.06. The van der Waals surface area contributed by atoms with Gasteiger partial charge < -0.3 is 14.0 Å². The van der Waals surface area contributed by atoms with Crippen molar-refractivity contribution in [2.24, 2.45) is 0 Å². The maximum absolute atomic E-state index is 14.4. The van der Waals surface area contributed by atoms with E-state index in [0.717, 1.165) is 35.9 Å². The van der Waals surface area contributed by atoms with Gasteiger partial charge in [-0.15, -0.1) is 0 Å². The van der Waals surface area contributed by atoms with E-state index in [0.29, 0.717) is 18.1 Å². The summed E-state index contributed by atoms with van der Waals surface area (Å²) in [5, 5.41) is 0.801. The van der Waals surface area contributed by atoms with E-state index in [1.807, 2.05) is 41.0 Å². The molecule has 0 spiro atoms. The van der Waals surface area contributed by atoms with Gasteiger partial charge in [-0.3, -0.25) is 0 Å². The molecule has 0 radical (unpaired) electrons. The van der Waals surface area contributed by atoms with Crippen molar-refractivity contribution in [2.75, 3.05) is 13.2 Å². The second-order valence-corrected chi connectivity index (χ2v) is 9.75. The number of fused-ring (bicyclic) bond motifs is 1. The van der Waals surface area contributed by atoms with E-state index < -0.39 is 55.7 Å². The van der Waals surface area contributed by atoms with Crippen LogP contribution in [-0.4, -0.2) is 47.4 Å². The van der Waals surface area contributed by atoms with E-state index in [9.17, 15) is 39.9 Å². The number of aromatic nitrogens is 1. The number of hydrogen-bond acceptors (Lipinski definition) is 3. The van der Waals surface area contributed by atoms with Crippen LogP contribution in [0, 0.1) is 0 Å². The van der Waals surface area contributed by atoms with E-state index in [1.54, 1.807) is 6.07 Å². The molecule has 3 rings (SSSR count). The Morgan fingerprint density at radius 1 is 0.857 bits per heavy atom. The highest BCUT2D eigenvalue weighted by molar-refractivity contribution is 5.88. The van der Waals surface area contributed by atoms with E-state index in [2.05, 4.69) is 18.2 Å². The predicted octanol–water partition coefficient (Wildman–Crippen LogP) is 8.93. The van der Waals surface area contributed by atoms with Gasteiger partial charge in [0.2, 0.25) is 0 Å². The average Bonchev–Trinajstić information content (AvgIpc) is 3.30. The minimum atomic E-state index is -6.46. The van der Waals surface area contributed by atoms with Crippen LogP contribution in [0.25, 0.3) is 22.2 Å². The molecule has 0 fully saturated rings. The van der Waals surface area contributed by atoms with Gasteiger partial charge in [0.1, 0.15) is 5.75 Å². The molecule has 0 atom stereocenters. The van der Waals surface area contributed by atoms with Crippen LogP contribution in [0.3, 0.4) is 0 Å². The summed E-state index contributed by atoms with van der Waals surface area (Å²) in [4.78, 5) is 10.9. The quantitative estimate of drug-likeness (QED) is 0.0709. The van der Waals surface area contributed by atoms with Crippen molar-refractivity contribution < 1.29 is 49.4 Å². The molecule has 230 valence electrons. The average molecular weight is 606 g/mol. The number of carbonyl (C=O) groups excluding carboxylic acids is 1. The summed E-state index contributed by atoms with van der Waals surface area (Å²) in [5.41, 5.74) is 2.52. The highest BCUT2D eigenvalue weighted by Crippen LogP contribution is 2.54. The van der Waals surface area contributed by atoms with Crippen LogP contribution in [0.5, 0.6) is 5.75 Å². The summed E-state index contributed by atoms with van der Waals surface area (Å²) in [6, 6.07) is 16.0. The molecule has 0 aliphatic heterocycles. The number of benzene rings is 2. The Hall–Kier alpha value is -3.57. The molecule has 0 N–H and O–H groups in total. The first-order valence-electron chi connectivity index (χ1n) is 13.3. The Morgan fingerprint density at radius 2 is 1.48 bits per heavy atom. The van der Waals surface area contributed by atoms with Crippen LogP contribution in [0.4, 0.5) is 35.1 Å². The van der Waals surface area contributed by atoms with Gasteiger partial charge in [-0.2, -0.15) is 35.1 Å². The number of ether oxygens (including phenoxy) is 2. The summed E-state index contributed by atoms with van der Waals surface area (Å²) in [7, 11) is 0. The van der Waals surface area contributed by atoms with Crippen LogP contribution in [0.1, 0.15) is 39.0 Å². The molecule has 0 amide bonds. The third-order valence-corrected chi connectivity index (χ3v) is 6.76. The van der Waals surface area contributed by atoms with Gasteiger partial charge in [0.25, 0.3) is 0 Å². The number of aryl methyl sites for hydroxylation is 1. The first-order valence-corrected chi connectivity index (χ1v) is 13.3. The summed E-state index contributed by atoms with van der Waals surface area (Å²) < 4.78 is 125. The van der Waals surface area contributed by atoms with E-state index in [4.69, 9.17) is 4.74 Å². The fourth-order valence-electron chi connectivity index (χ4n) is 4.34. The SMILES string of the molecule is C=CC(=O)OCCC(F)(F)C(F)(F)C(F)(F)C(F)(F)CCOc1ccc2cc(-c3ccccc3)n(CCCCC)c2c1. The topological polar surface area (TPSA) is 40.5 Å². The number of esters is 1. The largest absolute Gasteiger partial charge is 0.493 e. The van der Waals surface area contributed by atoms with Crippen molar-refractivity contribution in [3.05, 3.63) is 67.3 Å². The monoisotopic (exact) mass is 605 g/mol. The van der Waals surface area contributed by atoms with Gasteiger partial charge >= 0.3 is 29.7 Å². The lowest BCUT2D eigenvalue weighted by Gasteiger charge is -2.36. The maximum Gasteiger partial charge on any atom is 0.378 e. The summed E-state index contributed by atoms with van der Waals surface area (Å²) in [5.74, 6) is -25.4. The van der Waals surface area contributed by atoms with Crippen molar-refractivity contribution in [2.45, 2.75) is 69.3 Å². The zero-order valence-electron chi connectivity index (χ0n) is 22.8. The highest BCUT2D eigenvalue weighted by atomic mass is 19.4. The van der Waals surface area contributed by atoms with E-state index in [1.165, 1.54) is 12.1 Å². The van der Waals surface area contributed by atoms with Gasteiger partial charge in [0.15, 0.2) is 0 Å². The smallest absolute Gasteiger partial charge is 0.378 e. The molecule has 0 bridgehead atoms. The van der Waals surface area contributed by atoms with Crippen molar-refractivity contribution in [3.63, 3.8) is 0 Å². The highest BCUT2D eigenvalue weighted by Gasteiger charge is 2.79. The maximum atomic E-state index is 14.4. The zero-order chi connectivity index (χ0) is 31.2. The fraction of sp³-hybridized carbons (Fsp3) is 0.433. The van der Waals surface area contributed by atoms with Gasteiger partial charge in [-0.25, -0.2) is 4.79 Å². The lowest BCUT2D eigenvalue weighted by Crippen LogP contribution is -2.62. The molecule has 4 nitrogen and oxygen atoms in total. The normalized spacial score (nSPS) is 12.9. The molecule has 3 aromatic rings. The zero-order valence-corrected chi connectivity index (χ0v) is 22.8. The molecular formula is C30H31F8NO3. The van der Waals surface area contributed by atoms with Crippen molar-refractivity contribution in [3.8, 4) is 17.0 Å². The molecule has 0 unspecified atom stereocenters. The number of unbranched alkanes of at least 4 members (excludes halogenated alkanes) is 2. The van der Waals surface area contributed by atoms with Crippen LogP contribution < -0.4 is 4.74 Å². The van der Waals surface area contributed by atoms with Crippen LogP contribution in [0.2, 0.25) is 0 Å². The molecule has 2 aromatic carbocycles. The number of nitrogens with zero attached hydrogens (tertiary/aromatic N) is 1. The number of carbonyl (C=O) groups is 1. The van der Waals surface area contributed by atoms with E-state index >= 15 is 0 Å². The molecular weight excluding hydrogens is 574 g/mol. The first kappa shape index (κ1) is 32.9. The van der Waals surface area contributed by atoms with Crippen molar-refractivity contribution in [1.82, 2.24) is 4.57 Å². The Labute approximate surface area is 237 Å². The number of alkyl halides is 8. The van der Waals surface area contributed by atoms with Gasteiger partial charge in [0, 0.05) is 29.8 Å². The number of halogens is 8. The molecule has 42 heavy (non-hydrogen) atoms. The second-order valence-electron chi connectivity index (χ2n) is 9.75. The Morgan fingerprint density at radius 3 is 2.07 bits per heavy atom. The molecule has 0 aliphatic rings. The third-order valence-electron chi connectivity index (χ3n) is 6.76. The van der Waals surface area contributed by atoms with Gasteiger partial charge in [0.05, 0.1) is 31.6 Å². The second kappa shape index (κ2) is 13.2. The fourth-order valence-corrected chi connectivity index (χ4v) is 4.34. The standard InChI is InChI=1S/C30H31F8NO3/c1-3-5-9-16-39-24(21-10-7-6-8-11-21)19-22-12-13-23(20-25(22)39)41-17-14-27(31,32)29(35,36)30(37,38)28(33,34)15-18-42-26(40)4-2/h4,6-8,10-13,19-20H,2-3,5,9,14-18H2,1H3. The third kappa shape index (κ3) is 6.90. The van der Waals surface area contributed by atoms with E-state index in [-0.39, 0.29) is 5.75 Å². The number of rotatable bonds is 16. The summed E-state index contributed by atoms with van der Waals surface area (Å²) in [6.07, 6.45) is -0.769. The van der Waals surface area contributed by atoms with Crippen LogP contribution >= 0.6 is 0 Å². The summed E-state index contributed by atoms with van der Waals surface area (Å²) >= 11 is 0. The first-order chi connectivity index (χ1) is 19.7.